The van der Waals surface area contributed by atoms with Crippen molar-refractivity contribution in [1.82, 2.24) is 5.32 Å². The van der Waals surface area contributed by atoms with Crippen LogP contribution in [-0.2, 0) is 13.8 Å². The number of carbonyl (C=O) groups excluding carboxylic acids is 1. The summed E-state index contributed by atoms with van der Waals surface area (Å²) in [5.74, 6) is 0.731. The van der Waals surface area contributed by atoms with Crippen molar-refractivity contribution in [2.24, 2.45) is 5.92 Å². The summed E-state index contributed by atoms with van der Waals surface area (Å²) in [5, 5.41) is 2.74. The molecule has 0 atom stereocenters. The van der Waals surface area contributed by atoms with Crippen molar-refractivity contribution in [2.75, 3.05) is 13.2 Å². The average Bonchev–Trinajstić information content (AvgIpc) is 2.35. The minimum Gasteiger partial charge on any atom is -0.484 e. The van der Waals surface area contributed by atoms with Crippen molar-refractivity contribution in [3.63, 3.8) is 0 Å². The Labute approximate surface area is 123 Å². The van der Waals surface area contributed by atoms with Gasteiger partial charge in [0.1, 0.15) is 5.75 Å². The maximum absolute atomic E-state index is 11.5. The predicted molar refractivity (Wildman–Crippen MR) is 77.4 cm³/mol. The van der Waals surface area contributed by atoms with Crippen LogP contribution >= 0.6 is 10.7 Å². The van der Waals surface area contributed by atoms with Crippen LogP contribution in [0.1, 0.15) is 20.3 Å². The van der Waals surface area contributed by atoms with Gasteiger partial charge in [-0.25, -0.2) is 8.42 Å². The quantitative estimate of drug-likeness (QED) is 0.782. The van der Waals surface area contributed by atoms with E-state index in [1.165, 1.54) is 24.3 Å². The smallest absolute Gasteiger partial charge is 0.261 e. The molecule has 0 aromatic heterocycles. The molecule has 7 heteroatoms. The van der Waals surface area contributed by atoms with Gasteiger partial charge >= 0.3 is 0 Å². The zero-order valence-corrected chi connectivity index (χ0v) is 13.0. The molecule has 5 nitrogen and oxygen atoms in total. The van der Waals surface area contributed by atoms with Gasteiger partial charge in [0.25, 0.3) is 15.0 Å². The lowest BCUT2D eigenvalue weighted by Crippen LogP contribution is -2.30. The average molecular weight is 320 g/mol. The highest BCUT2D eigenvalue weighted by Crippen LogP contribution is 2.18. The third-order valence-corrected chi connectivity index (χ3v) is 3.89. The molecule has 0 aliphatic carbocycles. The molecular formula is C13H18ClNO4S. The number of amides is 1. The highest BCUT2D eigenvalue weighted by Gasteiger charge is 2.09. The molecule has 0 fully saturated rings. The van der Waals surface area contributed by atoms with E-state index in [1.807, 2.05) is 0 Å². The van der Waals surface area contributed by atoms with Gasteiger partial charge in [-0.3, -0.25) is 4.79 Å². The van der Waals surface area contributed by atoms with E-state index in [0.717, 1.165) is 6.42 Å². The SMILES string of the molecule is CC(C)CCNC(=O)COc1ccc(S(=O)(=O)Cl)cc1. The Morgan fingerprint density at radius 2 is 1.90 bits per heavy atom. The zero-order chi connectivity index (χ0) is 15.2. The molecule has 0 aliphatic heterocycles. The first kappa shape index (κ1) is 16.8. The molecule has 1 amide bonds. The molecule has 0 spiro atoms. The van der Waals surface area contributed by atoms with Gasteiger partial charge in [0, 0.05) is 17.2 Å². The van der Waals surface area contributed by atoms with Gasteiger partial charge in [-0.05, 0) is 36.6 Å². The molecule has 0 aliphatic rings. The van der Waals surface area contributed by atoms with Gasteiger partial charge in [-0.15, -0.1) is 0 Å². The van der Waals surface area contributed by atoms with Crippen LogP contribution in [0, 0.1) is 5.92 Å². The third kappa shape index (κ3) is 6.25. The Balaban J connectivity index is 2.40. The van der Waals surface area contributed by atoms with E-state index in [9.17, 15) is 13.2 Å². The lowest BCUT2D eigenvalue weighted by atomic mass is 10.1. The molecule has 0 unspecified atom stereocenters. The fraction of sp³-hybridized carbons (Fsp3) is 0.462. The zero-order valence-electron chi connectivity index (χ0n) is 11.4. The van der Waals surface area contributed by atoms with Crippen molar-refractivity contribution in [3.05, 3.63) is 24.3 Å². The Kier molecular flexibility index (Phi) is 6.29. The van der Waals surface area contributed by atoms with E-state index < -0.39 is 9.05 Å². The lowest BCUT2D eigenvalue weighted by Gasteiger charge is -2.08. The van der Waals surface area contributed by atoms with Gasteiger partial charge < -0.3 is 10.1 Å². The van der Waals surface area contributed by atoms with E-state index in [2.05, 4.69) is 19.2 Å². The maximum Gasteiger partial charge on any atom is 0.261 e. The predicted octanol–water partition coefficient (Wildman–Crippen LogP) is 2.16. The molecular weight excluding hydrogens is 302 g/mol. The topological polar surface area (TPSA) is 72.5 Å². The third-order valence-electron chi connectivity index (χ3n) is 2.52. The van der Waals surface area contributed by atoms with Crippen LogP contribution in [0.25, 0.3) is 0 Å². The fourth-order valence-electron chi connectivity index (χ4n) is 1.40. The summed E-state index contributed by atoms with van der Waals surface area (Å²) in [4.78, 5) is 11.5. The Bertz CT molecular complexity index is 540. The van der Waals surface area contributed by atoms with Crippen molar-refractivity contribution in [3.8, 4) is 5.75 Å². The second-order valence-corrected chi connectivity index (χ2v) is 7.30. The van der Waals surface area contributed by atoms with Crippen molar-refractivity contribution in [2.45, 2.75) is 25.2 Å². The number of nitrogens with one attached hydrogen (secondary N) is 1. The largest absolute Gasteiger partial charge is 0.484 e. The van der Waals surface area contributed by atoms with Crippen LogP contribution in [0.2, 0.25) is 0 Å². The normalized spacial score (nSPS) is 11.4. The highest BCUT2D eigenvalue weighted by atomic mass is 35.7. The Hall–Kier alpha value is -1.27. The monoisotopic (exact) mass is 319 g/mol. The lowest BCUT2D eigenvalue weighted by molar-refractivity contribution is -0.123. The van der Waals surface area contributed by atoms with Crippen LogP contribution in [0.3, 0.4) is 0 Å². The number of halogens is 1. The molecule has 1 aromatic carbocycles. The van der Waals surface area contributed by atoms with Gasteiger partial charge in [-0.2, -0.15) is 0 Å². The second-order valence-electron chi connectivity index (χ2n) is 4.73. The number of benzene rings is 1. The number of ether oxygens (including phenoxy) is 1. The molecule has 0 heterocycles. The standard InChI is InChI=1S/C13H18ClNO4S/c1-10(2)7-8-15-13(16)9-19-11-3-5-12(6-4-11)20(14,17)18/h3-6,10H,7-9H2,1-2H3,(H,15,16). The summed E-state index contributed by atoms with van der Waals surface area (Å²) < 4.78 is 27.3. The van der Waals surface area contributed by atoms with E-state index >= 15 is 0 Å². The van der Waals surface area contributed by atoms with E-state index in [0.29, 0.717) is 18.2 Å². The summed E-state index contributed by atoms with van der Waals surface area (Å²) >= 11 is 0. The summed E-state index contributed by atoms with van der Waals surface area (Å²) in [6, 6.07) is 5.57. The van der Waals surface area contributed by atoms with Gasteiger partial charge in [0.2, 0.25) is 0 Å². The first-order valence-corrected chi connectivity index (χ1v) is 8.54. The summed E-state index contributed by atoms with van der Waals surface area (Å²) in [6.45, 7) is 4.67. The first-order chi connectivity index (χ1) is 9.29. The minimum atomic E-state index is -3.73. The van der Waals surface area contributed by atoms with E-state index in [1.54, 1.807) is 0 Å². The van der Waals surface area contributed by atoms with Crippen LogP contribution in [0.15, 0.2) is 29.2 Å². The number of rotatable bonds is 7. The summed E-state index contributed by atoms with van der Waals surface area (Å²) in [5.41, 5.74) is 0. The van der Waals surface area contributed by atoms with Gasteiger partial charge in [0.05, 0.1) is 4.90 Å². The highest BCUT2D eigenvalue weighted by molar-refractivity contribution is 8.13. The maximum atomic E-state index is 11.5. The Morgan fingerprint density at radius 1 is 1.30 bits per heavy atom. The van der Waals surface area contributed by atoms with Crippen molar-refractivity contribution < 1.29 is 17.9 Å². The fourth-order valence-corrected chi connectivity index (χ4v) is 2.17. The molecule has 0 bridgehead atoms. The van der Waals surface area contributed by atoms with Gasteiger partial charge in [-0.1, -0.05) is 13.8 Å². The Morgan fingerprint density at radius 3 is 2.40 bits per heavy atom. The van der Waals surface area contributed by atoms with E-state index in [4.69, 9.17) is 15.4 Å². The van der Waals surface area contributed by atoms with Crippen molar-refractivity contribution >= 4 is 25.6 Å². The molecule has 0 radical (unpaired) electrons. The van der Waals surface area contributed by atoms with E-state index in [-0.39, 0.29) is 17.4 Å². The number of carbonyl (C=O) groups is 1. The minimum absolute atomic E-state index is 0.00657. The van der Waals surface area contributed by atoms with Crippen molar-refractivity contribution in [1.29, 1.82) is 0 Å². The molecule has 112 valence electrons. The molecule has 1 rings (SSSR count). The van der Waals surface area contributed by atoms with Gasteiger partial charge in [0.15, 0.2) is 6.61 Å². The van der Waals surface area contributed by atoms with Crippen LogP contribution in [0.5, 0.6) is 5.75 Å². The molecule has 0 saturated heterocycles. The summed E-state index contributed by atoms with van der Waals surface area (Å²) in [6.07, 6.45) is 0.911. The molecule has 0 saturated carbocycles. The second kappa shape index (κ2) is 7.50. The number of hydrogen-bond donors (Lipinski definition) is 1. The first-order valence-electron chi connectivity index (χ1n) is 6.23. The van der Waals surface area contributed by atoms with Crippen LogP contribution in [-0.4, -0.2) is 27.5 Å². The van der Waals surface area contributed by atoms with Crippen LogP contribution < -0.4 is 10.1 Å². The number of hydrogen-bond acceptors (Lipinski definition) is 4. The van der Waals surface area contributed by atoms with Crippen LogP contribution in [0.4, 0.5) is 0 Å². The summed E-state index contributed by atoms with van der Waals surface area (Å²) in [7, 11) is 1.45. The molecule has 1 N–H and O–H groups in total. The molecule has 1 aromatic rings. The molecule has 20 heavy (non-hydrogen) atoms.